The Kier molecular flexibility index (Phi) is 7.77. The summed E-state index contributed by atoms with van der Waals surface area (Å²) in [4.78, 5) is 9.09. The van der Waals surface area contributed by atoms with Gasteiger partial charge in [-0.1, -0.05) is 25.5 Å². The molecular formula is C22H29N5O5S. The van der Waals surface area contributed by atoms with Gasteiger partial charge in [-0.15, -0.1) is 0 Å². The summed E-state index contributed by atoms with van der Waals surface area (Å²) in [5.41, 5.74) is 1.63. The Bertz CT molecular complexity index is 1220. The fraction of sp³-hybridized carbons (Fsp3) is 0.364. The second-order valence-corrected chi connectivity index (χ2v) is 9.22. The van der Waals surface area contributed by atoms with Gasteiger partial charge in [0.05, 0.1) is 37.5 Å². The van der Waals surface area contributed by atoms with Crippen LogP contribution in [-0.2, 0) is 10.2 Å². The van der Waals surface area contributed by atoms with Crippen molar-refractivity contribution in [2.75, 3.05) is 45.0 Å². The lowest BCUT2D eigenvalue weighted by Crippen LogP contribution is -2.29. The summed E-state index contributed by atoms with van der Waals surface area (Å²) in [6.07, 6.45) is 1.83. The number of hydrogen-bond donors (Lipinski definition) is 2. The van der Waals surface area contributed by atoms with Crippen molar-refractivity contribution in [1.82, 2.24) is 14.3 Å². The van der Waals surface area contributed by atoms with Gasteiger partial charge in [0.1, 0.15) is 5.75 Å². The van der Waals surface area contributed by atoms with Crippen molar-refractivity contribution in [3.05, 3.63) is 36.4 Å². The summed E-state index contributed by atoms with van der Waals surface area (Å²) >= 11 is 0. The van der Waals surface area contributed by atoms with Gasteiger partial charge in [0, 0.05) is 26.2 Å². The Morgan fingerprint density at radius 2 is 1.67 bits per heavy atom. The highest BCUT2D eigenvalue weighted by Gasteiger charge is 2.21. The van der Waals surface area contributed by atoms with Crippen molar-refractivity contribution >= 4 is 38.6 Å². The molecule has 0 fully saturated rings. The number of ether oxygens (including phenoxy) is 3. The Hall–Kier alpha value is -3.31. The van der Waals surface area contributed by atoms with Crippen LogP contribution in [0.5, 0.6) is 17.2 Å². The molecule has 0 atom stereocenters. The molecule has 2 N–H and O–H groups in total. The zero-order chi connectivity index (χ0) is 24.0. The highest BCUT2D eigenvalue weighted by Crippen LogP contribution is 2.41. The summed E-state index contributed by atoms with van der Waals surface area (Å²) < 4.78 is 45.5. The Balaban J connectivity index is 2.13. The van der Waals surface area contributed by atoms with E-state index in [9.17, 15) is 8.42 Å². The first-order valence-electron chi connectivity index (χ1n) is 10.4. The molecule has 0 spiro atoms. The number of anilines is 3. The SMILES string of the molecule is CCCCOc1c(Nc2nc3ccccc3nc2NS(=O)(=O)N(C)C)cc(OC)cc1OC. The minimum absolute atomic E-state index is 0.0451. The number of nitrogens with zero attached hydrogens (tertiary/aromatic N) is 3. The Labute approximate surface area is 194 Å². The number of aromatic nitrogens is 2. The minimum Gasteiger partial charge on any atom is -0.497 e. The van der Waals surface area contributed by atoms with Crippen molar-refractivity contribution in [3.8, 4) is 17.2 Å². The number of methoxy groups -OCH3 is 2. The average Bonchev–Trinajstić information content (AvgIpc) is 2.79. The molecule has 2 aromatic carbocycles. The highest BCUT2D eigenvalue weighted by molar-refractivity contribution is 7.90. The van der Waals surface area contributed by atoms with Crippen molar-refractivity contribution in [3.63, 3.8) is 0 Å². The quantitative estimate of drug-likeness (QED) is 0.403. The number of rotatable bonds is 11. The molecule has 3 aromatic rings. The number of unbranched alkanes of at least 4 members (excludes halogenated alkanes) is 1. The fourth-order valence-corrected chi connectivity index (χ4v) is 3.48. The van der Waals surface area contributed by atoms with E-state index in [0.717, 1.165) is 17.1 Å². The van der Waals surface area contributed by atoms with E-state index in [2.05, 4.69) is 26.9 Å². The number of hydrogen-bond acceptors (Lipinski definition) is 8. The molecule has 0 unspecified atom stereocenters. The second kappa shape index (κ2) is 10.5. The largest absolute Gasteiger partial charge is 0.497 e. The van der Waals surface area contributed by atoms with E-state index in [-0.39, 0.29) is 11.6 Å². The maximum atomic E-state index is 12.5. The van der Waals surface area contributed by atoms with Crippen molar-refractivity contribution in [1.29, 1.82) is 0 Å². The molecule has 0 bridgehead atoms. The number of fused-ring (bicyclic) bond motifs is 1. The minimum atomic E-state index is -3.83. The van der Waals surface area contributed by atoms with Crippen LogP contribution in [-0.4, -0.2) is 57.6 Å². The summed E-state index contributed by atoms with van der Waals surface area (Å²) in [5, 5.41) is 3.17. The number of para-hydroxylation sites is 2. The molecule has 0 amide bonds. The molecule has 3 rings (SSSR count). The molecule has 33 heavy (non-hydrogen) atoms. The van der Waals surface area contributed by atoms with E-state index < -0.39 is 10.2 Å². The van der Waals surface area contributed by atoms with E-state index in [1.807, 2.05) is 6.07 Å². The van der Waals surface area contributed by atoms with Crippen molar-refractivity contribution in [2.24, 2.45) is 0 Å². The van der Waals surface area contributed by atoms with E-state index >= 15 is 0 Å². The zero-order valence-electron chi connectivity index (χ0n) is 19.4. The summed E-state index contributed by atoms with van der Waals surface area (Å²) in [6.45, 7) is 2.55. The van der Waals surface area contributed by atoms with E-state index in [1.165, 1.54) is 21.2 Å². The molecule has 0 saturated heterocycles. The molecule has 1 aromatic heterocycles. The van der Waals surface area contributed by atoms with E-state index in [4.69, 9.17) is 14.2 Å². The van der Waals surface area contributed by atoms with Crippen LogP contribution in [0.1, 0.15) is 19.8 Å². The molecule has 178 valence electrons. The predicted octanol–water partition coefficient (Wildman–Crippen LogP) is 3.79. The lowest BCUT2D eigenvalue weighted by molar-refractivity contribution is 0.288. The number of benzene rings is 2. The molecule has 0 saturated carbocycles. The Morgan fingerprint density at radius 3 is 2.24 bits per heavy atom. The van der Waals surface area contributed by atoms with Crippen LogP contribution in [0.3, 0.4) is 0 Å². The van der Waals surface area contributed by atoms with Gasteiger partial charge in [-0.3, -0.25) is 4.72 Å². The summed E-state index contributed by atoms with van der Waals surface area (Å²) in [5.74, 6) is 1.71. The smallest absolute Gasteiger partial charge is 0.302 e. The van der Waals surface area contributed by atoms with E-state index in [1.54, 1.807) is 37.4 Å². The first-order chi connectivity index (χ1) is 15.8. The highest BCUT2D eigenvalue weighted by atomic mass is 32.2. The first kappa shape index (κ1) is 24.3. The standard InChI is InChI=1S/C22H29N5O5S/c1-6-7-12-32-20-18(13-15(30-4)14-19(20)31-5)25-21-22(26-33(28,29)27(2)3)24-17-11-9-8-10-16(17)23-21/h8-11,13-14H,6-7,12H2,1-5H3,(H,23,25)(H,24,26). The van der Waals surface area contributed by atoms with E-state index in [0.29, 0.717) is 40.6 Å². The topological polar surface area (TPSA) is 115 Å². The summed E-state index contributed by atoms with van der Waals surface area (Å²) in [7, 11) is 2.11. The molecule has 0 radical (unpaired) electrons. The summed E-state index contributed by atoms with van der Waals surface area (Å²) in [6, 6.07) is 10.6. The van der Waals surface area contributed by atoms with Crippen LogP contribution in [0.25, 0.3) is 11.0 Å². The zero-order valence-corrected chi connectivity index (χ0v) is 20.2. The number of nitrogens with one attached hydrogen (secondary N) is 2. The van der Waals surface area contributed by atoms with Gasteiger partial charge in [0.15, 0.2) is 23.1 Å². The third kappa shape index (κ3) is 5.74. The maximum absolute atomic E-state index is 12.5. The van der Waals surface area contributed by atoms with Gasteiger partial charge >= 0.3 is 10.2 Å². The van der Waals surface area contributed by atoms with Gasteiger partial charge in [0.25, 0.3) is 0 Å². The van der Waals surface area contributed by atoms with Crippen LogP contribution >= 0.6 is 0 Å². The fourth-order valence-electron chi connectivity index (χ4n) is 2.91. The third-order valence-electron chi connectivity index (χ3n) is 4.76. The van der Waals surface area contributed by atoms with Crippen LogP contribution in [0.15, 0.2) is 36.4 Å². The van der Waals surface area contributed by atoms with Gasteiger partial charge < -0.3 is 19.5 Å². The van der Waals surface area contributed by atoms with Crippen molar-refractivity contribution < 1.29 is 22.6 Å². The maximum Gasteiger partial charge on any atom is 0.302 e. The molecule has 10 nitrogen and oxygen atoms in total. The normalized spacial score (nSPS) is 11.5. The van der Waals surface area contributed by atoms with Crippen molar-refractivity contribution in [2.45, 2.75) is 19.8 Å². The van der Waals surface area contributed by atoms with Crippen LogP contribution in [0.4, 0.5) is 17.3 Å². The molecule has 1 heterocycles. The monoisotopic (exact) mass is 475 g/mol. The first-order valence-corrected chi connectivity index (χ1v) is 11.9. The Morgan fingerprint density at radius 1 is 1.00 bits per heavy atom. The lowest BCUT2D eigenvalue weighted by atomic mass is 10.2. The molecular weight excluding hydrogens is 446 g/mol. The average molecular weight is 476 g/mol. The molecule has 0 aliphatic carbocycles. The molecule has 11 heteroatoms. The molecule has 0 aliphatic heterocycles. The van der Waals surface area contributed by atoms with Crippen LogP contribution in [0.2, 0.25) is 0 Å². The van der Waals surface area contributed by atoms with Crippen LogP contribution < -0.4 is 24.2 Å². The van der Waals surface area contributed by atoms with Crippen LogP contribution in [0, 0.1) is 0 Å². The van der Waals surface area contributed by atoms with Gasteiger partial charge in [-0.05, 0) is 18.6 Å². The predicted molar refractivity (Wildman–Crippen MR) is 129 cm³/mol. The lowest BCUT2D eigenvalue weighted by Gasteiger charge is -2.19. The second-order valence-electron chi connectivity index (χ2n) is 7.33. The van der Waals surface area contributed by atoms with Gasteiger partial charge in [-0.25, -0.2) is 9.97 Å². The third-order valence-corrected chi connectivity index (χ3v) is 6.17. The van der Waals surface area contributed by atoms with Gasteiger partial charge in [0.2, 0.25) is 0 Å². The molecule has 0 aliphatic rings. The van der Waals surface area contributed by atoms with Gasteiger partial charge in [-0.2, -0.15) is 12.7 Å².